The predicted molar refractivity (Wildman–Crippen MR) is 172 cm³/mol. The van der Waals surface area contributed by atoms with Gasteiger partial charge in [-0.25, -0.2) is 0 Å². The van der Waals surface area contributed by atoms with Gasteiger partial charge < -0.3 is 25.1 Å². The molecule has 3 N–H and O–H groups in total. The van der Waals surface area contributed by atoms with Crippen molar-refractivity contribution in [3.8, 4) is 5.75 Å². The Bertz CT molecular complexity index is 1720. The van der Waals surface area contributed by atoms with Crippen LogP contribution in [-0.4, -0.2) is 24.8 Å². The molecule has 1 unspecified atom stereocenters. The van der Waals surface area contributed by atoms with E-state index in [1.54, 1.807) is 86.0 Å². The number of hydrogen-bond acceptors (Lipinski definition) is 6. The zero-order valence-electron chi connectivity index (χ0n) is 23.7. The number of hydrogen-bond donors (Lipinski definition) is 3. The van der Waals surface area contributed by atoms with Crippen molar-refractivity contribution < 1.29 is 23.5 Å². The third-order valence-corrected chi connectivity index (χ3v) is 7.69. The van der Waals surface area contributed by atoms with Gasteiger partial charge in [-0.1, -0.05) is 48.5 Å². The highest BCUT2D eigenvalue weighted by Gasteiger charge is 2.22. The Morgan fingerprint density at radius 3 is 2.02 bits per heavy atom. The van der Waals surface area contributed by atoms with E-state index in [1.165, 1.54) is 24.1 Å². The van der Waals surface area contributed by atoms with Crippen molar-refractivity contribution in [2.75, 3.05) is 17.7 Å². The molecule has 0 aliphatic rings. The SMILES string of the molecule is COc1ccc(NC(=O)C(Sc2ccc(NC(=O)/C(=C/c3ccco3)NC(=O)c3ccccc3)cc2)c2ccccc2)cc1. The van der Waals surface area contributed by atoms with Crippen LogP contribution < -0.4 is 20.7 Å². The van der Waals surface area contributed by atoms with Crippen LogP contribution in [-0.2, 0) is 9.59 Å². The van der Waals surface area contributed by atoms with Crippen LogP contribution >= 0.6 is 11.8 Å². The molecule has 3 amide bonds. The van der Waals surface area contributed by atoms with E-state index in [9.17, 15) is 14.4 Å². The standard InChI is InChI=1S/C35H29N3O5S/c1-42-28-18-14-26(15-19-28)37-35(41)32(24-9-4-2-5-10-24)44-30-20-16-27(17-21-30)36-34(40)31(23-29-13-8-22-43-29)38-33(39)25-11-6-3-7-12-25/h2-23,32H,1H3,(H,36,40)(H,37,41)(H,38,39)/b31-23-. The number of rotatable bonds is 11. The van der Waals surface area contributed by atoms with E-state index in [-0.39, 0.29) is 11.6 Å². The maximum absolute atomic E-state index is 13.4. The molecule has 8 nitrogen and oxygen atoms in total. The number of carbonyl (C=O) groups is 3. The van der Waals surface area contributed by atoms with E-state index in [4.69, 9.17) is 9.15 Å². The Labute approximate surface area is 259 Å². The molecule has 5 aromatic rings. The summed E-state index contributed by atoms with van der Waals surface area (Å²) in [6.45, 7) is 0. The molecule has 0 fully saturated rings. The molecule has 1 heterocycles. The van der Waals surface area contributed by atoms with Gasteiger partial charge in [0.15, 0.2) is 0 Å². The Hall–Kier alpha value is -5.54. The fraction of sp³-hybridized carbons (Fsp3) is 0.0571. The van der Waals surface area contributed by atoms with Crippen molar-refractivity contribution in [2.45, 2.75) is 10.1 Å². The van der Waals surface area contributed by atoms with Crippen molar-refractivity contribution in [3.05, 3.63) is 150 Å². The molecule has 1 aromatic heterocycles. The van der Waals surface area contributed by atoms with Gasteiger partial charge in [0.2, 0.25) is 5.91 Å². The van der Waals surface area contributed by atoms with Crippen molar-refractivity contribution in [2.24, 2.45) is 0 Å². The summed E-state index contributed by atoms with van der Waals surface area (Å²) >= 11 is 1.39. The molecule has 220 valence electrons. The minimum atomic E-state index is -0.533. The minimum Gasteiger partial charge on any atom is -0.497 e. The fourth-order valence-corrected chi connectivity index (χ4v) is 5.22. The molecule has 0 bridgehead atoms. The van der Waals surface area contributed by atoms with Crippen molar-refractivity contribution in [1.29, 1.82) is 0 Å². The quantitative estimate of drug-likeness (QED) is 0.109. The average Bonchev–Trinajstić information content (AvgIpc) is 3.58. The highest BCUT2D eigenvalue weighted by Crippen LogP contribution is 2.37. The minimum absolute atomic E-state index is 0.0200. The fourth-order valence-electron chi connectivity index (χ4n) is 4.19. The number of carbonyl (C=O) groups excluding carboxylic acids is 3. The molecule has 0 aliphatic heterocycles. The highest BCUT2D eigenvalue weighted by molar-refractivity contribution is 8.00. The Kier molecular flexibility index (Phi) is 9.91. The van der Waals surface area contributed by atoms with Gasteiger partial charge in [-0.15, -0.1) is 11.8 Å². The average molecular weight is 604 g/mol. The van der Waals surface area contributed by atoms with Gasteiger partial charge in [0.05, 0.1) is 13.4 Å². The number of furan rings is 1. The van der Waals surface area contributed by atoms with Gasteiger partial charge in [0.25, 0.3) is 11.8 Å². The second kappa shape index (κ2) is 14.6. The number of thioether (sulfide) groups is 1. The number of nitrogens with one attached hydrogen (secondary N) is 3. The maximum atomic E-state index is 13.4. The lowest BCUT2D eigenvalue weighted by molar-refractivity contribution is -0.116. The van der Waals surface area contributed by atoms with Gasteiger partial charge >= 0.3 is 0 Å². The van der Waals surface area contributed by atoms with Gasteiger partial charge in [-0.2, -0.15) is 0 Å². The van der Waals surface area contributed by atoms with E-state index in [1.807, 2.05) is 42.5 Å². The van der Waals surface area contributed by atoms with Gasteiger partial charge in [-0.05, 0) is 78.4 Å². The molecule has 5 rings (SSSR count). The van der Waals surface area contributed by atoms with Crippen LogP contribution in [0.15, 0.2) is 143 Å². The Morgan fingerprint density at radius 2 is 1.39 bits per heavy atom. The van der Waals surface area contributed by atoms with Crippen LogP contribution in [0.25, 0.3) is 6.08 Å². The third kappa shape index (κ3) is 8.05. The zero-order valence-corrected chi connectivity index (χ0v) is 24.5. The van der Waals surface area contributed by atoms with Crippen molar-refractivity contribution in [1.82, 2.24) is 5.32 Å². The lowest BCUT2D eigenvalue weighted by atomic mass is 10.1. The number of anilines is 2. The normalized spacial score (nSPS) is 11.7. The highest BCUT2D eigenvalue weighted by atomic mass is 32.2. The van der Waals surface area contributed by atoms with Gasteiger partial charge in [0.1, 0.15) is 22.5 Å². The lowest BCUT2D eigenvalue weighted by Crippen LogP contribution is -2.30. The first kappa shape index (κ1) is 29.9. The lowest BCUT2D eigenvalue weighted by Gasteiger charge is -2.18. The first-order valence-electron chi connectivity index (χ1n) is 13.7. The van der Waals surface area contributed by atoms with Crippen molar-refractivity contribution >= 4 is 46.9 Å². The molecule has 0 saturated heterocycles. The second-order valence-electron chi connectivity index (χ2n) is 9.50. The summed E-state index contributed by atoms with van der Waals surface area (Å²) in [5.74, 6) is -0.00987. The van der Waals surface area contributed by atoms with E-state index in [0.29, 0.717) is 28.4 Å². The van der Waals surface area contributed by atoms with E-state index < -0.39 is 17.1 Å². The summed E-state index contributed by atoms with van der Waals surface area (Å²) in [5.41, 5.74) is 2.45. The van der Waals surface area contributed by atoms with E-state index in [2.05, 4.69) is 16.0 Å². The first-order chi connectivity index (χ1) is 21.5. The molecule has 9 heteroatoms. The summed E-state index contributed by atoms with van der Waals surface area (Å²) in [7, 11) is 1.59. The molecule has 0 radical (unpaired) electrons. The summed E-state index contributed by atoms with van der Waals surface area (Å²) < 4.78 is 10.6. The number of amides is 3. The van der Waals surface area contributed by atoms with Crippen LogP contribution in [0.4, 0.5) is 11.4 Å². The Balaban J connectivity index is 1.29. The smallest absolute Gasteiger partial charge is 0.272 e. The van der Waals surface area contributed by atoms with E-state index >= 15 is 0 Å². The summed E-state index contributed by atoms with van der Waals surface area (Å²) in [5, 5.41) is 7.96. The van der Waals surface area contributed by atoms with Gasteiger partial charge in [-0.3, -0.25) is 14.4 Å². The van der Waals surface area contributed by atoms with Gasteiger partial charge in [0, 0.05) is 27.9 Å². The third-order valence-electron chi connectivity index (χ3n) is 6.42. The van der Waals surface area contributed by atoms with Crippen LogP contribution in [0, 0.1) is 0 Å². The van der Waals surface area contributed by atoms with Crippen molar-refractivity contribution in [3.63, 3.8) is 0 Å². The summed E-state index contributed by atoms with van der Waals surface area (Å²) in [4.78, 5) is 40.3. The largest absolute Gasteiger partial charge is 0.497 e. The zero-order chi connectivity index (χ0) is 30.7. The van der Waals surface area contributed by atoms with Crippen LogP contribution in [0.1, 0.15) is 26.9 Å². The molecule has 44 heavy (non-hydrogen) atoms. The number of ether oxygens (including phenoxy) is 1. The van der Waals surface area contributed by atoms with E-state index in [0.717, 1.165) is 10.5 Å². The monoisotopic (exact) mass is 603 g/mol. The topological polar surface area (TPSA) is 110 Å². The maximum Gasteiger partial charge on any atom is 0.272 e. The molecule has 0 spiro atoms. The van der Waals surface area contributed by atoms with Crippen LogP contribution in [0.3, 0.4) is 0 Å². The first-order valence-corrected chi connectivity index (χ1v) is 14.6. The Morgan fingerprint density at radius 1 is 0.750 bits per heavy atom. The molecule has 1 atom stereocenters. The molecular formula is C35H29N3O5S. The molecule has 0 aliphatic carbocycles. The summed E-state index contributed by atoms with van der Waals surface area (Å²) in [6, 6.07) is 35.8. The number of benzene rings is 4. The summed E-state index contributed by atoms with van der Waals surface area (Å²) in [6.07, 6.45) is 2.95. The molecule has 4 aromatic carbocycles. The number of methoxy groups -OCH3 is 1. The molecular weight excluding hydrogens is 574 g/mol. The van der Waals surface area contributed by atoms with Crippen LogP contribution in [0.2, 0.25) is 0 Å². The molecule has 0 saturated carbocycles. The van der Waals surface area contributed by atoms with Crippen LogP contribution in [0.5, 0.6) is 5.75 Å². The second-order valence-corrected chi connectivity index (χ2v) is 10.7. The predicted octanol–water partition coefficient (Wildman–Crippen LogP) is 7.17.